The van der Waals surface area contributed by atoms with Crippen molar-refractivity contribution in [3.63, 3.8) is 0 Å². The van der Waals surface area contributed by atoms with E-state index in [1.54, 1.807) is 12.1 Å². The predicted octanol–water partition coefficient (Wildman–Crippen LogP) is 3.05. The molecule has 2 rings (SSSR count). The number of piperidine rings is 1. The van der Waals surface area contributed by atoms with Crippen molar-refractivity contribution in [3.05, 3.63) is 33.9 Å². The van der Waals surface area contributed by atoms with Gasteiger partial charge in [-0.25, -0.2) is 0 Å². The molecule has 1 fully saturated rings. The molecule has 1 aliphatic rings. The smallest absolute Gasteiger partial charge is 0.274 e. The molecule has 1 aliphatic heterocycles. The Morgan fingerprint density at radius 2 is 2.05 bits per heavy atom. The van der Waals surface area contributed by atoms with Gasteiger partial charge in [0.05, 0.1) is 4.92 Å². The third-order valence-electron chi connectivity index (χ3n) is 4.36. The third-order valence-corrected chi connectivity index (χ3v) is 4.36. The summed E-state index contributed by atoms with van der Waals surface area (Å²) in [6.07, 6.45) is 2.36. The second-order valence-electron chi connectivity index (χ2n) is 5.78. The van der Waals surface area contributed by atoms with E-state index in [0.29, 0.717) is 12.0 Å². The van der Waals surface area contributed by atoms with E-state index in [9.17, 15) is 10.1 Å². The fourth-order valence-corrected chi connectivity index (χ4v) is 2.87. The minimum Gasteiger partial charge on any atom is -0.382 e. The van der Waals surface area contributed by atoms with Gasteiger partial charge in [-0.2, -0.15) is 0 Å². The quantitative estimate of drug-likeness (QED) is 0.679. The van der Waals surface area contributed by atoms with Gasteiger partial charge in [-0.05, 0) is 58.8 Å². The summed E-state index contributed by atoms with van der Waals surface area (Å²) in [6, 6.07) is 5.56. The van der Waals surface area contributed by atoms with Crippen LogP contribution in [0, 0.1) is 23.0 Å². The molecule has 20 heavy (non-hydrogen) atoms. The molecular formula is C15H23N3O2. The lowest BCUT2D eigenvalue weighted by atomic mass is 9.90. The van der Waals surface area contributed by atoms with Crippen LogP contribution in [0.5, 0.6) is 0 Å². The molecule has 0 aromatic heterocycles. The van der Waals surface area contributed by atoms with Gasteiger partial charge >= 0.3 is 0 Å². The second-order valence-corrected chi connectivity index (χ2v) is 5.78. The molecule has 1 aromatic carbocycles. The molecule has 0 spiro atoms. The lowest BCUT2D eigenvalue weighted by Crippen LogP contribution is -2.37. The van der Waals surface area contributed by atoms with Gasteiger partial charge in [-0.15, -0.1) is 0 Å². The molecule has 1 unspecified atom stereocenters. The van der Waals surface area contributed by atoms with E-state index < -0.39 is 0 Å². The highest BCUT2D eigenvalue weighted by atomic mass is 16.6. The van der Waals surface area contributed by atoms with Crippen LogP contribution in [-0.4, -0.2) is 36.0 Å². The van der Waals surface area contributed by atoms with Gasteiger partial charge < -0.3 is 10.2 Å². The zero-order valence-corrected chi connectivity index (χ0v) is 12.4. The fourth-order valence-electron chi connectivity index (χ4n) is 2.87. The van der Waals surface area contributed by atoms with Crippen LogP contribution in [0.25, 0.3) is 0 Å². The molecule has 1 aromatic rings. The van der Waals surface area contributed by atoms with E-state index in [1.165, 1.54) is 12.8 Å². The van der Waals surface area contributed by atoms with E-state index >= 15 is 0 Å². The van der Waals surface area contributed by atoms with Crippen molar-refractivity contribution in [1.82, 2.24) is 4.90 Å². The highest BCUT2D eigenvalue weighted by Crippen LogP contribution is 2.28. The molecule has 5 heteroatoms. The zero-order chi connectivity index (χ0) is 14.7. The standard InChI is InChI=1S/C15H23N3O2/c1-11-14(5-4-6-15(11)18(19)20)16-12(2)13-7-9-17(3)10-8-13/h4-6,12-13,16H,7-10H2,1-3H3. The average molecular weight is 277 g/mol. The largest absolute Gasteiger partial charge is 0.382 e. The minimum atomic E-state index is -0.319. The first-order chi connectivity index (χ1) is 9.49. The first-order valence-corrected chi connectivity index (χ1v) is 7.18. The van der Waals surface area contributed by atoms with Crippen molar-refractivity contribution in [2.45, 2.75) is 32.7 Å². The lowest BCUT2D eigenvalue weighted by Gasteiger charge is -2.33. The number of nitro benzene ring substituents is 1. The van der Waals surface area contributed by atoms with Crippen molar-refractivity contribution in [1.29, 1.82) is 0 Å². The number of anilines is 1. The molecule has 110 valence electrons. The molecule has 0 bridgehead atoms. The Morgan fingerprint density at radius 3 is 2.65 bits per heavy atom. The van der Waals surface area contributed by atoms with Gasteiger partial charge in [0.25, 0.3) is 5.69 Å². The zero-order valence-electron chi connectivity index (χ0n) is 12.4. The van der Waals surface area contributed by atoms with Crippen molar-refractivity contribution in [3.8, 4) is 0 Å². The number of likely N-dealkylation sites (tertiary alicyclic amines) is 1. The number of nitrogens with zero attached hydrogens (tertiary/aromatic N) is 2. The first kappa shape index (κ1) is 14.8. The van der Waals surface area contributed by atoms with Crippen LogP contribution in [0.15, 0.2) is 18.2 Å². The van der Waals surface area contributed by atoms with Crippen LogP contribution in [0.3, 0.4) is 0 Å². The lowest BCUT2D eigenvalue weighted by molar-refractivity contribution is -0.385. The van der Waals surface area contributed by atoms with Gasteiger partial charge in [0, 0.05) is 23.4 Å². The summed E-state index contributed by atoms with van der Waals surface area (Å²) in [4.78, 5) is 13.0. The molecule has 1 heterocycles. The Kier molecular flexibility index (Phi) is 4.60. The molecule has 1 atom stereocenters. The number of nitrogens with one attached hydrogen (secondary N) is 1. The summed E-state index contributed by atoms with van der Waals surface area (Å²) < 4.78 is 0. The van der Waals surface area contributed by atoms with Crippen LogP contribution in [0.4, 0.5) is 11.4 Å². The highest BCUT2D eigenvalue weighted by Gasteiger charge is 2.23. The van der Waals surface area contributed by atoms with Crippen molar-refractivity contribution in [2.24, 2.45) is 5.92 Å². The van der Waals surface area contributed by atoms with Crippen LogP contribution in [0.2, 0.25) is 0 Å². The SMILES string of the molecule is Cc1c(NC(C)C2CCN(C)CC2)cccc1[N+](=O)[O-]. The van der Waals surface area contributed by atoms with Crippen molar-refractivity contribution < 1.29 is 4.92 Å². The Morgan fingerprint density at radius 1 is 1.40 bits per heavy atom. The number of benzene rings is 1. The van der Waals surface area contributed by atoms with Gasteiger partial charge in [0.1, 0.15) is 0 Å². The molecule has 5 nitrogen and oxygen atoms in total. The van der Waals surface area contributed by atoms with E-state index in [2.05, 4.69) is 24.2 Å². The highest BCUT2D eigenvalue weighted by molar-refractivity contribution is 5.60. The summed E-state index contributed by atoms with van der Waals surface area (Å²) in [5.41, 5.74) is 1.79. The Labute approximate surface area is 120 Å². The Hall–Kier alpha value is -1.62. The van der Waals surface area contributed by atoms with E-state index in [0.717, 1.165) is 24.3 Å². The third kappa shape index (κ3) is 3.28. The average Bonchev–Trinajstić information content (AvgIpc) is 2.41. The fraction of sp³-hybridized carbons (Fsp3) is 0.600. The monoisotopic (exact) mass is 277 g/mol. The molecule has 0 aliphatic carbocycles. The van der Waals surface area contributed by atoms with Crippen LogP contribution < -0.4 is 5.32 Å². The van der Waals surface area contributed by atoms with Crippen molar-refractivity contribution in [2.75, 3.05) is 25.5 Å². The predicted molar refractivity (Wildman–Crippen MR) is 81.1 cm³/mol. The van der Waals surface area contributed by atoms with Crippen LogP contribution >= 0.6 is 0 Å². The molecule has 1 N–H and O–H groups in total. The van der Waals surface area contributed by atoms with E-state index in [1.807, 2.05) is 13.0 Å². The van der Waals surface area contributed by atoms with Gasteiger partial charge in [-0.3, -0.25) is 10.1 Å². The normalized spacial score (nSPS) is 18.8. The maximum atomic E-state index is 11.0. The van der Waals surface area contributed by atoms with E-state index in [4.69, 9.17) is 0 Å². The first-order valence-electron chi connectivity index (χ1n) is 7.18. The number of nitro groups is 1. The van der Waals surface area contributed by atoms with Crippen LogP contribution in [0.1, 0.15) is 25.3 Å². The van der Waals surface area contributed by atoms with Gasteiger partial charge in [0.2, 0.25) is 0 Å². The molecule has 0 radical (unpaired) electrons. The van der Waals surface area contributed by atoms with Gasteiger partial charge in [-0.1, -0.05) is 6.07 Å². The molecular weight excluding hydrogens is 254 g/mol. The number of hydrogen-bond donors (Lipinski definition) is 1. The minimum absolute atomic E-state index is 0.186. The maximum absolute atomic E-state index is 11.0. The number of rotatable bonds is 4. The second kappa shape index (κ2) is 6.22. The summed E-state index contributed by atoms with van der Waals surface area (Å²) in [6.45, 7) is 6.24. The number of hydrogen-bond acceptors (Lipinski definition) is 4. The molecule has 0 amide bonds. The summed E-state index contributed by atoms with van der Waals surface area (Å²) in [5.74, 6) is 0.630. The maximum Gasteiger partial charge on any atom is 0.274 e. The Balaban J connectivity index is 2.06. The summed E-state index contributed by atoms with van der Waals surface area (Å²) in [7, 11) is 2.15. The van der Waals surface area contributed by atoms with Crippen molar-refractivity contribution >= 4 is 11.4 Å². The Bertz CT molecular complexity index is 482. The topological polar surface area (TPSA) is 58.4 Å². The van der Waals surface area contributed by atoms with E-state index in [-0.39, 0.29) is 10.6 Å². The van der Waals surface area contributed by atoms with Gasteiger partial charge in [0.15, 0.2) is 0 Å². The summed E-state index contributed by atoms with van der Waals surface area (Å²) >= 11 is 0. The molecule has 1 saturated heterocycles. The summed E-state index contributed by atoms with van der Waals surface area (Å²) in [5, 5.41) is 14.4. The van der Waals surface area contributed by atoms with Crippen LogP contribution in [-0.2, 0) is 0 Å². The molecule has 0 saturated carbocycles.